The molecule has 0 spiro atoms. The van der Waals surface area contributed by atoms with E-state index in [0.717, 1.165) is 53.1 Å². The van der Waals surface area contributed by atoms with Crippen molar-refractivity contribution in [3.63, 3.8) is 0 Å². The molecule has 2 aromatic rings. The topological polar surface area (TPSA) is 56.7 Å². The second-order valence-corrected chi connectivity index (χ2v) is 7.63. The van der Waals surface area contributed by atoms with Gasteiger partial charge < -0.3 is 10.0 Å². The summed E-state index contributed by atoms with van der Waals surface area (Å²) in [5.74, 6) is -0.753. The second-order valence-electron chi connectivity index (χ2n) is 6.19. The van der Waals surface area contributed by atoms with Gasteiger partial charge in [0.15, 0.2) is 5.13 Å². The molecule has 5 nitrogen and oxygen atoms in total. The van der Waals surface area contributed by atoms with Crippen LogP contribution in [-0.2, 0) is 4.79 Å². The van der Waals surface area contributed by atoms with Crippen molar-refractivity contribution in [2.75, 3.05) is 31.1 Å². The number of carboxylic acids is 1. The summed E-state index contributed by atoms with van der Waals surface area (Å²) in [7, 11) is 0. The van der Waals surface area contributed by atoms with Crippen LogP contribution < -0.4 is 4.90 Å². The van der Waals surface area contributed by atoms with Crippen molar-refractivity contribution in [2.24, 2.45) is 0 Å². The van der Waals surface area contributed by atoms with E-state index in [1.54, 1.807) is 11.3 Å². The zero-order chi connectivity index (χ0) is 17.8. The average Bonchev–Trinajstić information content (AvgIpc) is 3.10. The van der Waals surface area contributed by atoms with E-state index in [0.29, 0.717) is 6.04 Å². The Morgan fingerprint density at radius 1 is 1.36 bits per heavy atom. The van der Waals surface area contributed by atoms with Crippen molar-refractivity contribution in [1.82, 2.24) is 9.88 Å². The molecular formula is C18H22ClN3O2S. The summed E-state index contributed by atoms with van der Waals surface area (Å²) in [6.07, 6.45) is 3.85. The number of carboxylic acid groups (broad SMARTS) is 1. The third-order valence-electron chi connectivity index (χ3n) is 4.62. The van der Waals surface area contributed by atoms with E-state index in [4.69, 9.17) is 16.7 Å². The lowest BCUT2D eigenvalue weighted by molar-refractivity contribution is -0.139. The lowest BCUT2D eigenvalue weighted by atomic mass is 10.0. The Labute approximate surface area is 156 Å². The predicted molar refractivity (Wildman–Crippen MR) is 103 cm³/mol. The molecule has 0 unspecified atom stereocenters. The van der Waals surface area contributed by atoms with Gasteiger partial charge in [-0.3, -0.25) is 9.69 Å². The Balaban J connectivity index is 1.61. The van der Waals surface area contributed by atoms with Crippen LogP contribution in [0.1, 0.15) is 19.8 Å². The predicted octanol–water partition coefficient (Wildman–Crippen LogP) is 3.84. The monoisotopic (exact) mass is 379 g/mol. The summed E-state index contributed by atoms with van der Waals surface area (Å²) in [5.41, 5.74) is 1.13. The number of nitrogens with zero attached hydrogens (tertiary/aromatic N) is 3. The highest BCUT2D eigenvalue weighted by molar-refractivity contribution is 7.18. The van der Waals surface area contributed by atoms with E-state index in [-0.39, 0.29) is 6.54 Å². The largest absolute Gasteiger partial charge is 0.480 e. The Hall–Kier alpha value is -1.63. The molecule has 1 N–H and O–H groups in total. The van der Waals surface area contributed by atoms with Crippen LogP contribution in [0.2, 0.25) is 5.02 Å². The highest BCUT2D eigenvalue weighted by Gasteiger charge is 2.26. The van der Waals surface area contributed by atoms with Crippen molar-refractivity contribution >= 4 is 34.0 Å². The van der Waals surface area contributed by atoms with Crippen LogP contribution in [0.3, 0.4) is 0 Å². The zero-order valence-corrected chi connectivity index (χ0v) is 15.8. The van der Waals surface area contributed by atoms with E-state index in [1.165, 1.54) is 0 Å². The SMILES string of the molecule is CCN(CC(=O)O)C1CCN(c2ncc(-c3ccc(Cl)cc3)s2)CC1. The summed E-state index contributed by atoms with van der Waals surface area (Å²) in [6, 6.07) is 8.15. The van der Waals surface area contributed by atoms with Crippen LogP contribution in [-0.4, -0.2) is 53.2 Å². The first kappa shape index (κ1) is 18.2. The van der Waals surface area contributed by atoms with Crippen molar-refractivity contribution in [1.29, 1.82) is 0 Å². The fourth-order valence-electron chi connectivity index (χ4n) is 3.25. The molecule has 1 aromatic heterocycles. The van der Waals surface area contributed by atoms with E-state index >= 15 is 0 Å². The summed E-state index contributed by atoms with van der Waals surface area (Å²) in [5, 5.41) is 10.8. The molecule has 1 fully saturated rings. The minimum Gasteiger partial charge on any atom is -0.480 e. The van der Waals surface area contributed by atoms with Gasteiger partial charge in [0.05, 0.1) is 11.4 Å². The van der Waals surface area contributed by atoms with E-state index in [9.17, 15) is 4.79 Å². The van der Waals surface area contributed by atoms with Gasteiger partial charge in [0.25, 0.3) is 0 Å². The first-order chi connectivity index (χ1) is 12.1. The van der Waals surface area contributed by atoms with E-state index in [1.807, 2.05) is 37.4 Å². The van der Waals surface area contributed by atoms with E-state index in [2.05, 4.69) is 14.8 Å². The van der Waals surface area contributed by atoms with Gasteiger partial charge in [0, 0.05) is 30.4 Å². The number of carbonyl (C=O) groups is 1. The number of halogens is 1. The summed E-state index contributed by atoms with van der Waals surface area (Å²) in [4.78, 5) is 21.1. The van der Waals surface area contributed by atoms with Crippen LogP contribution in [0.4, 0.5) is 5.13 Å². The number of anilines is 1. The zero-order valence-electron chi connectivity index (χ0n) is 14.2. The van der Waals surface area contributed by atoms with Crippen LogP contribution in [0.5, 0.6) is 0 Å². The van der Waals surface area contributed by atoms with Gasteiger partial charge >= 0.3 is 5.97 Å². The molecule has 1 aliphatic heterocycles. The van der Waals surface area contributed by atoms with Crippen LogP contribution in [0.15, 0.2) is 30.5 Å². The molecule has 0 amide bonds. The molecule has 1 aromatic carbocycles. The van der Waals surface area contributed by atoms with Gasteiger partial charge in [-0.25, -0.2) is 4.98 Å². The Morgan fingerprint density at radius 2 is 2.04 bits per heavy atom. The first-order valence-corrected chi connectivity index (χ1v) is 9.69. The minimum atomic E-state index is -0.753. The van der Waals surface area contributed by atoms with Crippen molar-refractivity contribution in [3.05, 3.63) is 35.5 Å². The molecule has 1 saturated heterocycles. The highest BCUT2D eigenvalue weighted by atomic mass is 35.5. The van der Waals surface area contributed by atoms with Gasteiger partial charge in [-0.05, 0) is 37.1 Å². The van der Waals surface area contributed by atoms with E-state index < -0.39 is 5.97 Å². The number of likely N-dealkylation sites (N-methyl/N-ethyl adjacent to an activating group) is 1. The third-order valence-corrected chi connectivity index (χ3v) is 5.98. The Bertz CT molecular complexity index is 711. The van der Waals surface area contributed by atoms with Crippen LogP contribution in [0.25, 0.3) is 10.4 Å². The lowest BCUT2D eigenvalue weighted by Crippen LogP contribution is -2.46. The second kappa shape index (κ2) is 8.17. The van der Waals surface area contributed by atoms with Gasteiger partial charge in [-0.2, -0.15) is 0 Å². The van der Waals surface area contributed by atoms with Crippen LogP contribution in [0, 0.1) is 0 Å². The summed E-state index contributed by atoms with van der Waals surface area (Å²) in [6.45, 7) is 4.74. The quantitative estimate of drug-likeness (QED) is 0.826. The molecule has 3 rings (SSSR count). The molecule has 134 valence electrons. The number of hydrogen-bond acceptors (Lipinski definition) is 5. The molecule has 0 radical (unpaired) electrons. The number of benzene rings is 1. The van der Waals surface area contributed by atoms with Crippen molar-refractivity contribution < 1.29 is 9.90 Å². The van der Waals surface area contributed by atoms with Gasteiger partial charge in [-0.1, -0.05) is 42.0 Å². The fourth-order valence-corrected chi connectivity index (χ4v) is 4.35. The average molecular weight is 380 g/mol. The smallest absolute Gasteiger partial charge is 0.317 e. The third kappa shape index (κ3) is 4.51. The van der Waals surface area contributed by atoms with Gasteiger partial charge in [-0.15, -0.1) is 0 Å². The molecule has 0 atom stereocenters. The maximum Gasteiger partial charge on any atom is 0.317 e. The standard InChI is InChI=1S/C18H22ClN3O2S/c1-2-21(12-17(23)24)15-7-9-22(10-8-15)18-20-11-16(25-18)13-3-5-14(19)6-4-13/h3-6,11,15H,2,7-10,12H2,1H3,(H,23,24). The summed E-state index contributed by atoms with van der Waals surface area (Å²) >= 11 is 7.64. The Morgan fingerprint density at radius 3 is 2.64 bits per heavy atom. The lowest BCUT2D eigenvalue weighted by Gasteiger charge is -2.37. The first-order valence-electron chi connectivity index (χ1n) is 8.49. The number of rotatable bonds is 6. The maximum absolute atomic E-state index is 11.0. The molecule has 7 heteroatoms. The minimum absolute atomic E-state index is 0.124. The number of piperidine rings is 1. The molecule has 0 aliphatic carbocycles. The number of thiazole rings is 1. The molecule has 1 aliphatic rings. The molecule has 25 heavy (non-hydrogen) atoms. The number of hydrogen-bond donors (Lipinski definition) is 1. The van der Waals surface area contributed by atoms with Gasteiger partial charge in [0.2, 0.25) is 0 Å². The summed E-state index contributed by atoms with van der Waals surface area (Å²) < 4.78 is 0. The Kier molecular flexibility index (Phi) is 5.93. The highest BCUT2D eigenvalue weighted by Crippen LogP contribution is 2.33. The fraction of sp³-hybridized carbons (Fsp3) is 0.444. The molecule has 2 heterocycles. The van der Waals surface area contributed by atoms with Crippen LogP contribution >= 0.6 is 22.9 Å². The van der Waals surface area contributed by atoms with Crippen molar-refractivity contribution in [3.8, 4) is 10.4 Å². The molecular weight excluding hydrogens is 358 g/mol. The number of aromatic nitrogens is 1. The maximum atomic E-state index is 11.0. The molecule has 0 bridgehead atoms. The molecule has 0 saturated carbocycles. The van der Waals surface area contributed by atoms with Crippen molar-refractivity contribution in [2.45, 2.75) is 25.8 Å². The van der Waals surface area contributed by atoms with Gasteiger partial charge in [0.1, 0.15) is 0 Å². The number of aliphatic carboxylic acids is 1. The normalized spacial score (nSPS) is 15.7.